The largest absolute Gasteiger partial charge is 0.498 e. The number of aliphatic hydroxyl groups excluding tert-OH is 1. The van der Waals surface area contributed by atoms with Crippen LogP contribution >= 0.6 is 23.6 Å². The summed E-state index contributed by atoms with van der Waals surface area (Å²) < 4.78 is 0. The van der Waals surface area contributed by atoms with Gasteiger partial charge in [-0.25, -0.2) is 0 Å². The first-order valence-corrected chi connectivity index (χ1v) is 3.78. The van der Waals surface area contributed by atoms with Gasteiger partial charge in [-0.15, -0.1) is 11.3 Å². The van der Waals surface area contributed by atoms with E-state index in [-0.39, 0.29) is 5.05 Å². The summed E-state index contributed by atoms with van der Waals surface area (Å²) in [5.74, 6) is 0. The van der Waals surface area contributed by atoms with E-state index in [0.29, 0.717) is 0 Å². The Balaban J connectivity index is 3.08. The number of hydrogen-bond donors (Lipinski definition) is 1. The zero-order valence-electron chi connectivity index (χ0n) is 4.92. The third-order valence-corrected chi connectivity index (χ3v) is 2.15. The lowest BCUT2D eigenvalue weighted by Crippen LogP contribution is -1.92. The van der Waals surface area contributed by atoms with Gasteiger partial charge in [0.1, 0.15) is 0 Å². The molecule has 0 spiro atoms. The van der Waals surface area contributed by atoms with Gasteiger partial charge in [-0.1, -0.05) is 0 Å². The molecule has 1 aromatic rings. The van der Waals surface area contributed by atoms with Crippen LogP contribution in [0.25, 0.3) is 0 Å². The van der Waals surface area contributed by atoms with E-state index in [1.165, 1.54) is 0 Å². The quantitative estimate of drug-likeness (QED) is 0.633. The summed E-state index contributed by atoms with van der Waals surface area (Å²) in [7, 11) is 0. The van der Waals surface area contributed by atoms with Gasteiger partial charge in [0.05, 0.1) is 0 Å². The maximum Gasteiger partial charge on any atom is 0.189 e. The summed E-state index contributed by atoms with van der Waals surface area (Å²) >= 11 is 6.15. The highest BCUT2D eigenvalue weighted by molar-refractivity contribution is 7.80. The Labute approximate surface area is 63.0 Å². The molecule has 0 atom stereocenters. The summed E-state index contributed by atoms with van der Waals surface area (Å²) in [6.45, 7) is 1.93. The van der Waals surface area contributed by atoms with Gasteiger partial charge in [0.2, 0.25) is 0 Å². The van der Waals surface area contributed by atoms with E-state index in [1.807, 2.05) is 18.4 Å². The predicted molar refractivity (Wildman–Crippen MR) is 43.4 cm³/mol. The molecular formula is C6H6OS2. The van der Waals surface area contributed by atoms with Gasteiger partial charge in [-0.3, -0.25) is 0 Å². The van der Waals surface area contributed by atoms with Crippen molar-refractivity contribution in [1.82, 2.24) is 0 Å². The molecule has 0 saturated carbocycles. The van der Waals surface area contributed by atoms with Crippen molar-refractivity contribution in [3.05, 3.63) is 21.9 Å². The molecule has 0 unspecified atom stereocenters. The van der Waals surface area contributed by atoms with Crippen molar-refractivity contribution in [2.45, 2.75) is 6.92 Å². The van der Waals surface area contributed by atoms with Crippen LogP contribution in [0.3, 0.4) is 0 Å². The highest BCUT2D eigenvalue weighted by Crippen LogP contribution is 2.14. The predicted octanol–water partition coefficient (Wildman–Crippen LogP) is 2.29. The van der Waals surface area contributed by atoms with Crippen LogP contribution in [0.1, 0.15) is 10.4 Å². The number of hydrogen-bond acceptors (Lipinski definition) is 2. The third-order valence-electron chi connectivity index (χ3n) is 1.09. The van der Waals surface area contributed by atoms with E-state index in [4.69, 9.17) is 5.11 Å². The highest BCUT2D eigenvalue weighted by Gasteiger charge is 2.01. The molecule has 48 valence electrons. The molecule has 0 aliphatic carbocycles. The van der Waals surface area contributed by atoms with E-state index in [9.17, 15) is 0 Å². The standard InChI is InChI=1S/C6H6OS2/c1-4-5(6(7)8)2-3-9-4/h2-3H,1H3,(H,7,8). The van der Waals surface area contributed by atoms with E-state index < -0.39 is 0 Å². The zero-order valence-corrected chi connectivity index (χ0v) is 6.55. The molecule has 0 saturated heterocycles. The van der Waals surface area contributed by atoms with Crippen molar-refractivity contribution >= 4 is 28.6 Å². The third kappa shape index (κ3) is 1.28. The minimum Gasteiger partial charge on any atom is -0.498 e. The fraction of sp³-hybridized carbons (Fsp3) is 0.167. The van der Waals surface area contributed by atoms with Gasteiger partial charge in [0, 0.05) is 10.4 Å². The van der Waals surface area contributed by atoms with Gasteiger partial charge in [-0.2, -0.15) is 0 Å². The number of aryl methyl sites for hydroxylation is 1. The van der Waals surface area contributed by atoms with Crippen molar-refractivity contribution < 1.29 is 5.11 Å². The van der Waals surface area contributed by atoms with Gasteiger partial charge in [0.15, 0.2) is 5.05 Å². The van der Waals surface area contributed by atoms with E-state index >= 15 is 0 Å². The van der Waals surface area contributed by atoms with Crippen LogP contribution in [0.15, 0.2) is 11.4 Å². The molecule has 1 nitrogen and oxygen atoms in total. The lowest BCUT2D eigenvalue weighted by atomic mass is 10.3. The molecule has 0 radical (unpaired) electrons. The molecule has 1 aromatic heterocycles. The van der Waals surface area contributed by atoms with Crippen molar-refractivity contribution in [2.24, 2.45) is 0 Å². The fourth-order valence-corrected chi connectivity index (χ4v) is 1.59. The van der Waals surface area contributed by atoms with Crippen molar-refractivity contribution in [1.29, 1.82) is 0 Å². The summed E-state index contributed by atoms with van der Waals surface area (Å²) in [5.41, 5.74) is 0.787. The number of thiocarbonyl (C=S) groups is 1. The van der Waals surface area contributed by atoms with Crippen LogP contribution in [0, 0.1) is 6.92 Å². The first kappa shape index (κ1) is 6.71. The minimum atomic E-state index is -0.00579. The second-order valence-corrected chi connectivity index (χ2v) is 3.20. The van der Waals surface area contributed by atoms with Crippen LogP contribution in [0.2, 0.25) is 0 Å². The van der Waals surface area contributed by atoms with Gasteiger partial charge in [0.25, 0.3) is 0 Å². The first-order valence-electron chi connectivity index (χ1n) is 2.49. The van der Waals surface area contributed by atoms with Crippen molar-refractivity contribution in [3.8, 4) is 0 Å². The fourth-order valence-electron chi connectivity index (χ4n) is 0.607. The van der Waals surface area contributed by atoms with Crippen molar-refractivity contribution in [2.75, 3.05) is 0 Å². The molecule has 0 aromatic carbocycles. The first-order chi connectivity index (χ1) is 4.22. The topological polar surface area (TPSA) is 20.2 Å². The van der Waals surface area contributed by atoms with E-state index in [1.54, 1.807) is 11.3 Å². The van der Waals surface area contributed by atoms with E-state index in [0.717, 1.165) is 10.4 Å². The molecule has 0 aliphatic heterocycles. The summed E-state index contributed by atoms with van der Waals surface area (Å²) in [6.07, 6.45) is 0. The molecule has 9 heavy (non-hydrogen) atoms. The van der Waals surface area contributed by atoms with Crippen LogP contribution < -0.4 is 0 Å². The maximum absolute atomic E-state index is 8.83. The van der Waals surface area contributed by atoms with Gasteiger partial charge >= 0.3 is 0 Å². The molecular weight excluding hydrogens is 152 g/mol. The summed E-state index contributed by atoms with van der Waals surface area (Å²) in [5, 5.41) is 10.7. The lowest BCUT2D eigenvalue weighted by Gasteiger charge is -1.90. The molecule has 0 fully saturated rings. The van der Waals surface area contributed by atoms with Crippen LogP contribution in [-0.4, -0.2) is 10.2 Å². The second kappa shape index (κ2) is 2.45. The Hall–Kier alpha value is -0.410. The normalized spacial score (nSPS) is 9.44. The summed E-state index contributed by atoms with van der Waals surface area (Å²) in [6, 6.07) is 1.82. The van der Waals surface area contributed by atoms with Crippen LogP contribution in [-0.2, 0) is 0 Å². The Bertz CT molecular complexity index is 227. The molecule has 0 aliphatic rings. The lowest BCUT2D eigenvalue weighted by molar-refractivity contribution is 0.571. The second-order valence-electron chi connectivity index (χ2n) is 1.70. The molecule has 1 N–H and O–H groups in total. The Morgan fingerprint density at radius 3 is 2.67 bits per heavy atom. The summed E-state index contributed by atoms with van der Waals surface area (Å²) in [4.78, 5) is 1.07. The SMILES string of the molecule is Cc1sccc1C(O)=S. The molecule has 0 amide bonds. The van der Waals surface area contributed by atoms with Crippen LogP contribution in [0.4, 0.5) is 0 Å². The molecule has 0 bridgehead atoms. The monoisotopic (exact) mass is 158 g/mol. The van der Waals surface area contributed by atoms with E-state index in [2.05, 4.69) is 12.2 Å². The molecule has 1 rings (SSSR count). The van der Waals surface area contributed by atoms with Gasteiger partial charge in [-0.05, 0) is 30.6 Å². The zero-order chi connectivity index (χ0) is 6.85. The average Bonchev–Trinajstić information content (AvgIpc) is 2.13. The Kier molecular flexibility index (Phi) is 1.83. The smallest absolute Gasteiger partial charge is 0.189 e. The Morgan fingerprint density at radius 2 is 2.44 bits per heavy atom. The highest BCUT2D eigenvalue weighted by atomic mass is 32.1. The number of thiophene rings is 1. The minimum absolute atomic E-state index is 0.00579. The van der Waals surface area contributed by atoms with Gasteiger partial charge < -0.3 is 5.11 Å². The van der Waals surface area contributed by atoms with Crippen molar-refractivity contribution in [3.63, 3.8) is 0 Å². The number of rotatable bonds is 1. The Morgan fingerprint density at radius 1 is 1.78 bits per heavy atom. The molecule has 1 heterocycles. The average molecular weight is 158 g/mol. The molecule has 3 heteroatoms. The number of aliphatic hydroxyl groups is 1. The van der Waals surface area contributed by atoms with Crippen LogP contribution in [0.5, 0.6) is 0 Å². The maximum atomic E-state index is 8.83.